The lowest BCUT2D eigenvalue weighted by Crippen LogP contribution is -2.51. The van der Waals surface area contributed by atoms with Crippen LogP contribution in [0, 0.1) is 6.92 Å². The van der Waals surface area contributed by atoms with Gasteiger partial charge in [-0.3, -0.25) is 9.59 Å². The maximum absolute atomic E-state index is 12.5. The van der Waals surface area contributed by atoms with E-state index in [0.29, 0.717) is 18.8 Å². The molecule has 1 N–H and O–H groups in total. The Labute approximate surface area is 167 Å². The molecule has 1 fully saturated rings. The molecular weight excluding hydrogens is 350 g/mol. The Morgan fingerprint density at radius 2 is 1.71 bits per heavy atom. The molecule has 3 rings (SSSR count). The molecule has 5 nitrogen and oxygen atoms in total. The van der Waals surface area contributed by atoms with Gasteiger partial charge in [-0.1, -0.05) is 37.6 Å². The minimum absolute atomic E-state index is 0.459. The van der Waals surface area contributed by atoms with Crippen molar-refractivity contribution in [3.05, 3.63) is 59.7 Å². The average molecular weight is 380 g/mol. The second-order valence-corrected chi connectivity index (χ2v) is 7.37. The first-order valence-corrected chi connectivity index (χ1v) is 10.1. The van der Waals surface area contributed by atoms with Crippen LogP contribution in [-0.2, 0) is 16.0 Å². The normalized spacial score (nSPS) is 14.1. The summed E-state index contributed by atoms with van der Waals surface area (Å²) < 4.78 is 0. The number of piperazine rings is 1. The number of nitrogens with one attached hydrogen (secondary N) is 1. The minimum Gasteiger partial charge on any atom is -0.368 e. The van der Waals surface area contributed by atoms with Gasteiger partial charge in [0.1, 0.15) is 0 Å². The van der Waals surface area contributed by atoms with Crippen molar-refractivity contribution in [2.75, 3.05) is 36.4 Å². The quantitative estimate of drug-likeness (QED) is 0.807. The Morgan fingerprint density at radius 3 is 2.36 bits per heavy atom. The summed E-state index contributed by atoms with van der Waals surface area (Å²) in [6.45, 7) is 6.81. The largest absolute Gasteiger partial charge is 0.368 e. The fourth-order valence-electron chi connectivity index (χ4n) is 3.46. The maximum Gasteiger partial charge on any atom is 0.313 e. The highest BCUT2D eigenvalue weighted by molar-refractivity contribution is 6.39. The summed E-state index contributed by atoms with van der Waals surface area (Å²) in [7, 11) is 0. The number of anilines is 2. The van der Waals surface area contributed by atoms with E-state index in [1.165, 1.54) is 16.8 Å². The van der Waals surface area contributed by atoms with Gasteiger partial charge in [0, 0.05) is 37.6 Å². The van der Waals surface area contributed by atoms with E-state index in [9.17, 15) is 9.59 Å². The van der Waals surface area contributed by atoms with Crippen LogP contribution in [0.25, 0.3) is 0 Å². The number of amides is 2. The smallest absolute Gasteiger partial charge is 0.313 e. The molecule has 2 aromatic rings. The third-order valence-electron chi connectivity index (χ3n) is 5.16. The van der Waals surface area contributed by atoms with Crippen LogP contribution < -0.4 is 10.2 Å². The van der Waals surface area contributed by atoms with E-state index in [1.807, 2.05) is 30.3 Å². The fraction of sp³-hybridized carbons (Fsp3) is 0.391. The molecule has 1 aliphatic rings. The first-order valence-electron chi connectivity index (χ1n) is 10.1. The number of unbranched alkanes of at least 4 members (excludes halogenated alkanes) is 1. The lowest BCUT2D eigenvalue weighted by atomic mass is 10.1. The van der Waals surface area contributed by atoms with Crippen LogP contribution in [0.5, 0.6) is 0 Å². The topological polar surface area (TPSA) is 52.7 Å². The molecule has 0 radical (unpaired) electrons. The number of hydrogen-bond donors (Lipinski definition) is 1. The number of carbonyl (C=O) groups excluding carboxylic acids is 2. The highest BCUT2D eigenvalue weighted by atomic mass is 16.2. The van der Waals surface area contributed by atoms with E-state index >= 15 is 0 Å². The van der Waals surface area contributed by atoms with E-state index in [2.05, 4.69) is 42.3 Å². The SMILES string of the molecule is CCCCc1ccc(NC(=O)C(=O)N2CCN(c3cccc(C)c3)CC2)cc1. The van der Waals surface area contributed by atoms with E-state index < -0.39 is 11.8 Å². The summed E-state index contributed by atoms with van der Waals surface area (Å²) in [5, 5.41) is 2.73. The molecule has 0 bridgehead atoms. The first kappa shape index (κ1) is 19.9. The zero-order valence-corrected chi connectivity index (χ0v) is 16.8. The summed E-state index contributed by atoms with van der Waals surface area (Å²) in [5.74, 6) is -1.02. The van der Waals surface area contributed by atoms with Crippen molar-refractivity contribution >= 4 is 23.2 Å². The molecule has 0 atom stereocenters. The third kappa shape index (κ3) is 5.12. The summed E-state index contributed by atoms with van der Waals surface area (Å²) >= 11 is 0. The van der Waals surface area contributed by atoms with Gasteiger partial charge in [0.25, 0.3) is 0 Å². The van der Waals surface area contributed by atoms with Gasteiger partial charge < -0.3 is 15.1 Å². The molecule has 148 valence electrons. The molecule has 1 heterocycles. The van der Waals surface area contributed by atoms with Crippen LogP contribution >= 0.6 is 0 Å². The predicted molar refractivity (Wildman–Crippen MR) is 114 cm³/mol. The number of carbonyl (C=O) groups is 2. The van der Waals surface area contributed by atoms with Gasteiger partial charge in [-0.15, -0.1) is 0 Å². The molecule has 0 unspecified atom stereocenters. The van der Waals surface area contributed by atoms with Crippen LogP contribution in [-0.4, -0.2) is 42.9 Å². The minimum atomic E-state index is -0.565. The molecule has 1 aliphatic heterocycles. The van der Waals surface area contributed by atoms with Crippen molar-refractivity contribution in [3.8, 4) is 0 Å². The number of hydrogen-bond acceptors (Lipinski definition) is 3. The van der Waals surface area contributed by atoms with E-state index in [1.54, 1.807) is 4.90 Å². The zero-order chi connectivity index (χ0) is 19.9. The molecule has 1 saturated heterocycles. The molecule has 5 heteroatoms. The Bertz CT molecular complexity index is 809. The summed E-state index contributed by atoms with van der Waals surface area (Å²) in [6, 6.07) is 16.1. The van der Waals surface area contributed by atoms with Crippen molar-refractivity contribution < 1.29 is 9.59 Å². The molecule has 0 aliphatic carbocycles. The molecule has 2 amide bonds. The van der Waals surface area contributed by atoms with Crippen molar-refractivity contribution in [2.24, 2.45) is 0 Å². The molecule has 0 saturated carbocycles. The standard InChI is InChI=1S/C23H29N3O2/c1-3-4-7-19-9-11-20(12-10-19)24-22(27)23(28)26-15-13-25(14-16-26)21-8-5-6-18(2)17-21/h5-6,8-12,17H,3-4,7,13-16H2,1-2H3,(H,24,27). The Balaban J connectivity index is 1.51. The zero-order valence-electron chi connectivity index (χ0n) is 16.8. The second-order valence-electron chi connectivity index (χ2n) is 7.37. The predicted octanol–water partition coefficient (Wildman–Crippen LogP) is 3.62. The maximum atomic E-state index is 12.5. The van der Waals surface area contributed by atoms with Crippen LogP contribution in [0.3, 0.4) is 0 Å². The van der Waals surface area contributed by atoms with Crippen LogP contribution in [0.1, 0.15) is 30.9 Å². The van der Waals surface area contributed by atoms with Crippen LogP contribution in [0.4, 0.5) is 11.4 Å². The first-order chi connectivity index (χ1) is 13.6. The lowest BCUT2D eigenvalue weighted by molar-refractivity contribution is -0.143. The monoisotopic (exact) mass is 379 g/mol. The average Bonchev–Trinajstić information content (AvgIpc) is 2.73. The number of nitrogens with zero attached hydrogens (tertiary/aromatic N) is 2. The van der Waals surface area contributed by atoms with Gasteiger partial charge in [-0.05, 0) is 55.2 Å². The number of aryl methyl sites for hydroxylation is 2. The van der Waals surface area contributed by atoms with E-state index in [-0.39, 0.29) is 0 Å². The number of benzene rings is 2. The Hall–Kier alpha value is -2.82. The van der Waals surface area contributed by atoms with Gasteiger partial charge in [0.15, 0.2) is 0 Å². The molecular formula is C23H29N3O2. The fourth-order valence-corrected chi connectivity index (χ4v) is 3.46. The van der Waals surface area contributed by atoms with Crippen molar-refractivity contribution in [1.82, 2.24) is 4.90 Å². The van der Waals surface area contributed by atoms with Crippen LogP contribution in [0.2, 0.25) is 0 Å². The van der Waals surface area contributed by atoms with Gasteiger partial charge in [0.2, 0.25) is 0 Å². The van der Waals surface area contributed by atoms with Crippen molar-refractivity contribution in [1.29, 1.82) is 0 Å². The molecule has 0 spiro atoms. The van der Waals surface area contributed by atoms with Gasteiger partial charge in [-0.2, -0.15) is 0 Å². The van der Waals surface area contributed by atoms with E-state index in [0.717, 1.165) is 32.4 Å². The molecule has 0 aromatic heterocycles. The van der Waals surface area contributed by atoms with Gasteiger partial charge in [-0.25, -0.2) is 0 Å². The summed E-state index contributed by atoms with van der Waals surface area (Å²) in [4.78, 5) is 28.7. The Morgan fingerprint density at radius 1 is 1.00 bits per heavy atom. The molecule has 28 heavy (non-hydrogen) atoms. The highest BCUT2D eigenvalue weighted by Gasteiger charge is 2.26. The Kier molecular flexibility index (Phi) is 6.69. The van der Waals surface area contributed by atoms with Crippen molar-refractivity contribution in [2.45, 2.75) is 33.1 Å². The van der Waals surface area contributed by atoms with Gasteiger partial charge in [0.05, 0.1) is 0 Å². The summed E-state index contributed by atoms with van der Waals surface area (Å²) in [6.07, 6.45) is 3.34. The second kappa shape index (κ2) is 9.40. The number of rotatable bonds is 5. The van der Waals surface area contributed by atoms with Gasteiger partial charge >= 0.3 is 11.8 Å². The third-order valence-corrected chi connectivity index (χ3v) is 5.16. The van der Waals surface area contributed by atoms with Crippen molar-refractivity contribution in [3.63, 3.8) is 0 Å². The molecule has 2 aromatic carbocycles. The summed E-state index contributed by atoms with van der Waals surface area (Å²) in [5.41, 5.74) is 4.30. The van der Waals surface area contributed by atoms with Crippen LogP contribution in [0.15, 0.2) is 48.5 Å². The lowest BCUT2D eigenvalue weighted by Gasteiger charge is -2.35. The van der Waals surface area contributed by atoms with E-state index in [4.69, 9.17) is 0 Å². The highest BCUT2D eigenvalue weighted by Crippen LogP contribution is 2.18.